The number of amidine groups is 3. The molecule has 0 spiro atoms. The van der Waals surface area contributed by atoms with Gasteiger partial charge in [-0.05, 0) is 124 Å². The number of anilines is 4. The molecule has 3 saturated carbocycles. The second-order valence-electron chi connectivity index (χ2n) is 20.1. The number of alkyl halides is 4. The largest absolute Gasteiger partial charge is 0.416 e. The van der Waals surface area contributed by atoms with Crippen molar-refractivity contribution in [2.45, 2.75) is 129 Å². The maximum atomic E-state index is 12.9. The Balaban J connectivity index is 0.000000137. The van der Waals surface area contributed by atoms with Gasteiger partial charge in [0.25, 0.3) is 40.1 Å². The highest BCUT2D eigenvalue weighted by Crippen LogP contribution is 2.47. The van der Waals surface area contributed by atoms with Gasteiger partial charge in [-0.3, -0.25) is 20.0 Å². The summed E-state index contributed by atoms with van der Waals surface area (Å²) < 4.78 is 150. The smallest absolute Gasteiger partial charge is 0.324 e. The van der Waals surface area contributed by atoms with Crippen LogP contribution in [0.25, 0.3) is 0 Å². The minimum absolute atomic E-state index is 0.118. The van der Waals surface area contributed by atoms with Crippen LogP contribution in [0.5, 0.6) is 0 Å². The van der Waals surface area contributed by atoms with Crippen molar-refractivity contribution in [2.75, 3.05) is 26.9 Å². The van der Waals surface area contributed by atoms with Crippen molar-refractivity contribution in [1.29, 1.82) is 0 Å². The zero-order chi connectivity index (χ0) is 56.0. The van der Waals surface area contributed by atoms with Crippen molar-refractivity contribution in [3.8, 4) is 0 Å². The Kier molecular flexibility index (Phi) is 16.3. The molecule has 0 bridgehead atoms. The van der Waals surface area contributed by atoms with Crippen molar-refractivity contribution in [3.05, 3.63) is 95.6 Å². The quantitative estimate of drug-likeness (QED) is 0.0935. The number of aliphatic imine (C=N–C) groups is 1. The molecular formula is C49H60ClF3N12O8S4. The number of nitrogens with two attached hydrogens (primary N) is 3. The monoisotopic (exact) mass is 1160 g/mol. The number of hydrogen-bond donors (Lipinski definition) is 5. The van der Waals surface area contributed by atoms with Crippen LogP contribution in [-0.2, 0) is 46.3 Å². The molecule has 0 aromatic heterocycles. The molecule has 4 aliphatic heterocycles. The molecule has 3 aliphatic carbocycles. The first kappa shape index (κ1) is 57.5. The Morgan fingerprint density at radius 1 is 0.649 bits per heavy atom. The van der Waals surface area contributed by atoms with Crippen molar-refractivity contribution in [2.24, 2.45) is 53.5 Å². The Bertz CT molecular complexity index is 3550. The summed E-state index contributed by atoms with van der Waals surface area (Å²) in [6.07, 6.45) is 5.32. The Morgan fingerprint density at radius 3 is 1.74 bits per heavy atom. The summed E-state index contributed by atoms with van der Waals surface area (Å²) in [6, 6.07) is 19.4. The van der Waals surface area contributed by atoms with Gasteiger partial charge in [0, 0.05) is 18.4 Å². The van der Waals surface area contributed by atoms with Crippen LogP contribution in [0, 0.1) is 31.6 Å². The van der Waals surface area contributed by atoms with Crippen molar-refractivity contribution in [3.63, 3.8) is 0 Å². The first-order valence-electron chi connectivity index (χ1n) is 24.8. The minimum Gasteiger partial charge on any atom is -0.324 e. The summed E-state index contributed by atoms with van der Waals surface area (Å²) in [4.78, 5) is 3.80. The van der Waals surface area contributed by atoms with Gasteiger partial charge in [-0.1, -0.05) is 70.2 Å². The molecular weight excluding hydrogens is 1110 g/mol. The summed E-state index contributed by atoms with van der Waals surface area (Å²) in [7, 11) is -14.8. The minimum atomic E-state index is -4.57. The zero-order valence-corrected chi connectivity index (χ0v) is 46.5. The second kappa shape index (κ2) is 21.9. The van der Waals surface area contributed by atoms with Crippen molar-refractivity contribution < 1.29 is 46.8 Å². The van der Waals surface area contributed by atoms with Gasteiger partial charge < -0.3 is 5.32 Å². The van der Waals surface area contributed by atoms with Gasteiger partial charge in [-0.2, -0.15) is 38.4 Å². The van der Waals surface area contributed by atoms with E-state index in [2.05, 4.69) is 28.2 Å². The third-order valence-electron chi connectivity index (χ3n) is 13.5. The highest BCUT2D eigenvalue weighted by atomic mass is 35.5. The summed E-state index contributed by atoms with van der Waals surface area (Å²) in [5.41, 5.74) is 2.20. The van der Waals surface area contributed by atoms with Crippen LogP contribution < -0.4 is 42.6 Å². The molecule has 0 atom stereocenters. The Hall–Kier alpha value is -5.68. The molecule has 20 nitrogen and oxygen atoms in total. The molecule has 28 heteroatoms. The lowest BCUT2D eigenvalue weighted by atomic mass is 9.88. The SMILES string of the molecule is Cc1ccc2c(c1)S(=O)(=O)N=C(C1CCCC1)N2N.Cc1ccc2c(c1)S(=O)(=O)NC(=NCC(C)C)N2.NN1C(C2(Cl)CC2)=NS(=O)(=O)c2ccccc21.NN1C(C2CCCCC2)=NS(=O)(=O)c2ccc(C(F)(F)F)cc21. The van der Waals surface area contributed by atoms with Gasteiger partial charge in [0.1, 0.15) is 36.1 Å². The lowest BCUT2D eigenvalue weighted by molar-refractivity contribution is -0.137. The van der Waals surface area contributed by atoms with E-state index in [-0.39, 0.29) is 48.8 Å². The number of rotatable bonds is 5. The number of guanidine groups is 1. The summed E-state index contributed by atoms with van der Waals surface area (Å²) in [5, 5.41) is 6.72. The van der Waals surface area contributed by atoms with Gasteiger partial charge >= 0.3 is 6.18 Å². The van der Waals surface area contributed by atoms with Crippen LogP contribution in [0.15, 0.2) is 117 Å². The van der Waals surface area contributed by atoms with E-state index in [0.29, 0.717) is 54.2 Å². The summed E-state index contributed by atoms with van der Waals surface area (Å²) in [5.74, 6) is 19.4. The van der Waals surface area contributed by atoms with Gasteiger partial charge in [0.15, 0.2) is 5.84 Å². The van der Waals surface area contributed by atoms with E-state index < -0.39 is 56.7 Å². The standard InChI is InChI=1S/C14H16F3N3O2S.C13H17N3O2S.C12H17N3O2S.C10H10ClN3O2S/c15-14(16,17)10-6-7-12-11(8-10)20(18)13(19-23(12,21)22)9-4-2-1-3-5-9;1-9-6-7-11-12(8-9)19(17,18)15-13(16(11)14)10-4-2-3-5-10;1-8(2)7-13-12-14-10-5-4-9(3)6-11(10)18(16,17)15-12;11-10(5-6-10)9-13-17(15,16)8-4-2-1-3-7(8)14(9)12/h6-9H,1-5,18H2;6-8,10H,2-5,14H2,1H3;4-6,8H,7H2,1-3H3,(H2,13,14,15);1-4H,5-6,12H2. The van der Waals surface area contributed by atoms with E-state index in [1.54, 1.807) is 42.5 Å². The number of hydrazine groups is 3. The highest BCUT2D eigenvalue weighted by molar-refractivity contribution is 7.91. The number of hydrogen-bond acceptors (Lipinski definition) is 15. The van der Waals surface area contributed by atoms with E-state index in [0.717, 1.165) is 92.1 Å². The van der Waals surface area contributed by atoms with Crippen LogP contribution in [-0.4, -0.2) is 68.6 Å². The third kappa shape index (κ3) is 12.6. The van der Waals surface area contributed by atoms with Gasteiger partial charge in [0.05, 0.1) is 28.3 Å². The van der Waals surface area contributed by atoms with Crippen molar-refractivity contribution in [1.82, 2.24) is 4.72 Å². The lowest BCUT2D eigenvalue weighted by Gasteiger charge is -2.33. The Labute approximate surface area is 451 Å². The van der Waals surface area contributed by atoms with Gasteiger partial charge in [-0.25, -0.2) is 30.7 Å². The molecule has 0 radical (unpaired) electrons. The van der Waals surface area contributed by atoms with Crippen molar-refractivity contribution >= 4 is 97.9 Å². The van der Waals surface area contributed by atoms with Crippen LogP contribution in [0.3, 0.4) is 0 Å². The number of nitrogens with one attached hydrogen (secondary N) is 2. The number of fused-ring (bicyclic) bond motifs is 4. The van der Waals surface area contributed by atoms with E-state index >= 15 is 0 Å². The number of halogens is 4. The molecule has 4 heterocycles. The summed E-state index contributed by atoms with van der Waals surface area (Å²) in [6.45, 7) is 8.34. The van der Waals surface area contributed by atoms with Crippen LogP contribution in [0.1, 0.15) is 101 Å². The molecule has 77 heavy (non-hydrogen) atoms. The first-order valence-corrected chi connectivity index (χ1v) is 30.9. The molecule has 8 N–H and O–H groups in total. The molecule has 11 rings (SSSR count). The fourth-order valence-corrected chi connectivity index (χ4v) is 14.7. The molecule has 4 aromatic rings. The van der Waals surface area contributed by atoms with Gasteiger partial charge in [-0.15, -0.1) is 24.8 Å². The molecule has 4 aromatic carbocycles. The maximum absolute atomic E-state index is 12.9. The molecule has 0 amide bonds. The molecule has 0 unspecified atom stereocenters. The maximum Gasteiger partial charge on any atom is 0.416 e. The number of benzene rings is 4. The van der Waals surface area contributed by atoms with Crippen LogP contribution in [0.4, 0.5) is 35.9 Å². The van der Waals surface area contributed by atoms with E-state index in [1.807, 2.05) is 39.8 Å². The molecule has 3 fully saturated rings. The van der Waals surface area contributed by atoms with E-state index in [9.17, 15) is 46.8 Å². The third-order valence-corrected chi connectivity index (χ3v) is 19.4. The van der Waals surface area contributed by atoms with Crippen LogP contribution in [0.2, 0.25) is 0 Å². The number of sulfonamides is 4. The number of para-hydroxylation sites is 1. The van der Waals surface area contributed by atoms with Gasteiger partial charge in [0.2, 0.25) is 5.96 Å². The lowest BCUT2D eigenvalue weighted by Crippen LogP contribution is -2.46. The topological polar surface area (TPSA) is 298 Å². The second-order valence-corrected chi connectivity index (χ2v) is 27.2. The fourth-order valence-electron chi connectivity index (χ4n) is 9.36. The Morgan fingerprint density at radius 2 is 1.16 bits per heavy atom. The molecule has 416 valence electrons. The first-order chi connectivity index (χ1) is 36.0. The van der Waals surface area contributed by atoms with Crippen LogP contribution >= 0.6 is 11.6 Å². The normalized spacial score (nSPS) is 21.7. The molecule has 0 saturated heterocycles. The average Bonchev–Trinajstić information content (AvgIpc) is 3.94. The predicted molar refractivity (Wildman–Crippen MR) is 292 cm³/mol. The molecule has 7 aliphatic rings. The predicted octanol–water partition coefficient (Wildman–Crippen LogP) is 7.98. The van der Waals surface area contributed by atoms with E-state index in [4.69, 9.17) is 29.1 Å². The zero-order valence-electron chi connectivity index (χ0n) is 42.5. The van der Waals surface area contributed by atoms with E-state index in [1.165, 1.54) is 16.1 Å². The fraction of sp³-hybridized carbons (Fsp3) is 0.429. The number of aryl methyl sites for hydroxylation is 2. The average molecular weight is 1170 g/mol. The summed E-state index contributed by atoms with van der Waals surface area (Å²) >= 11 is 6.19. The highest BCUT2D eigenvalue weighted by Gasteiger charge is 2.51. The number of nitrogens with zero attached hydrogens (tertiary/aromatic N) is 7.